The molecule has 16 heavy (non-hydrogen) atoms. The van der Waals surface area contributed by atoms with Crippen LogP contribution in [0.3, 0.4) is 0 Å². The lowest BCUT2D eigenvalue weighted by Gasteiger charge is -2.13. The predicted molar refractivity (Wildman–Crippen MR) is 62.2 cm³/mol. The number of nitrogens with one attached hydrogen (secondary N) is 1. The maximum atomic E-state index is 11.8. The SMILES string of the molecule is N#Cc1ccc(C(=O)NC2(CBr)CC2)nc1. The van der Waals surface area contributed by atoms with Gasteiger partial charge in [0, 0.05) is 11.5 Å². The standard InChI is InChI=1S/C11H10BrN3O/c12-7-11(3-4-11)15-10(16)9-2-1-8(5-13)6-14-9/h1-2,6H,3-4,7H2,(H,15,16). The number of aromatic nitrogens is 1. The van der Waals surface area contributed by atoms with Gasteiger partial charge < -0.3 is 5.32 Å². The fourth-order valence-electron chi connectivity index (χ4n) is 1.34. The largest absolute Gasteiger partial charge is 0.344 e. The highest BCUT2D eigenvalue weighted by Gasteiger charge is 2.43. The normalized spacial score (nSPS) is 16.2. The average Bonchev–Trinajstić information content (AvgIpc) is 3.09. The van der Waals surface area contributed by atoms with Crippen LogP contribution in [0.2, 0.25) is 0 Å². The van der Waals surface area contributed by atoms with Crippen molar-refractivity contribution >= 4 is 21.8 Å². The van der Waals surface area contributed by atoms with E-state index < -0.39 is 0 Å². The lowest BCUT2D eigenvalue weighted by molar-refractivity contribution is 0.0931. The van der Waals surface area contributed by atoms with Crippen molar-refractivity contribution in [1.82, 2.24) is 10.3 Å². The summed E-state index contributed by atoms with van der Waals surface area (Å²) in [5.74, 6) is -0.179. The second kappa shape index (κ2) is 4.22. The van der Waals surface area contributed by atoms with E-state index >= 15 is 0 Å². The van der Waals surface area contributed by atoms with Gasteiger partial charge in [-0.2, -0.15) is 5.26 Å². The Morgan fingerprint density at radius 3 is 2.81 bits per heavy atom. The van der Waals surface area contributed by atoms with Gasteiger partial charge in [0.05, 0.1) is 11.1 Å². The number of rotatable bonds is 3. The Kier molecular flexibility index (Phi) is 2.92. The van der Waals surface area contributed by atoms with E-state index in [9.17, 15) is 4.79 Å². The Morgan fingerprint density at radius 2 is 2.38 bits per heavy atom. The van der Waals surface area contributed by atoms with Gasteiger partial charge in [0.1, 0.15) is 11.8 Å². The zero-order valence-corrected chi connectivity index (χ0v) is 10.1. The van der Waals surface area contributed by atoms with E-state index in [0.29, 0.717) is 11.3 Å². The van der Waals surface area contributed by atoms with Crippen molar-refractivity contribution in [3.8, 4) is 6.07 Å². The number of amides is 1. The maximum absolute atomic E-state index is 11.8. The van der Waals surface area contributed by atoms with Crippen LogP contribution < -0.4 is 5.32 Å². The van der Waals surface area contributed by atoms with E-state index in [1.165, 1.54) is 6.20 Å². The van der Waals surface area contributed by atoms with Crippen molar-refractivity contribution in [2.75, 3.05) is 5.33 Å². The zero-order valence-electron chi connectivity index (χ0n) is 8.53. The third-order valence-corrected chi connectivity index (χ3v) is 3.69. The molecule has 1 fully saturated rings. The summed E-state index contributed by atoms with van der Waals surface area (Å²) in [5.41, 5.74) is 0.733. The van der Waals surface area contributed by atoms with Crippen molar-refractivity contribution in [2.45, 2.75) is 18.4 Å². The average molecular weight is 280 g/mol. The summed E-state index contributed by atoms with van der Waals surface area (Å²) in [6, 6.07) is 5.12. The molecule has 0 aliphatic heterocycles. The van der Waals surface area contributed by atoms with Gasteiger partial charge >= 0.3 is 0 Å². The van der Waals surface area contributed by atoms with E-state index in [0.717, 1.165) is 18.2 Å². The fourth-order valence-corrected chi connectivity index (χ4v) is 2.04. The molecule has 1 N–H and O–H groups in total. The molecule has 1 aliphatic carbocycles. The number of nitriles is 1. The van der Waals surface area contributed by atoms with Crippen molar-refractivity contribution in [3.63, 3.8) is 0 Å². The third-order valence-electron chi connectivity index (χ3n) is 2.61. The highest BCUT2D eigenvalue weighted by molar-refractivity contribution is 9.09. The second-order valence-electron chi connectivity index (χ2n) is 3.91. The Bertz CT molecular complexity index is 445. The van der Waals surface area contributed by atoms with Crippen molar-refractivity contribution in [2.24, 2.45) is 0 Å². The van der Waals surface area contributed by atoms with Crippen LogP contribution in [0, 0.1) is 11.3 Å². The summed E-state index contributed by atoms with van der Waals surface area (Å²) in [6.45, 7) is 0. The molecule has 2 rings (SSSR count). The molecule has 5 heteroatoms. The highest BCUT2D eigenvalue weighted by atomic mass is 79.9. The molecular weight excluding hydrogens is 270 g/mol. The van der Waals surface area contributed by atoms with Crippen LogP contribution in [-0.4, -0.2) is 21.8 Å². The minimum absolute atomic E-state index is 0.0767. The van der Waals surface area contributed by atoms with Gasteiger partial charge in [0.15, 0.2) is 0 Å². The van der Waals surface area contributed by atoms with Crippen LogP contribution in [0.5, 0.6) is 0 Å². The van der Waals surface area contributed by atoms with Gasteiger partial charge in [0.2, 0.25) is 0 Å². The lowest BCUT2D eigenvalue weighted by Crippen LogP contribution is -2.38. The molecule has 1 aromatic rings. The molecule has 1 amide bonds. The van der Waals surface area contributed by atoms with Crippen LogP contribution in [0.25, 0.3) is 0 Å². The number of nitrogens with zero attached hydrogens (tertiary/aromatic N) is 2. The summed E-state index contributed by atoms with van der Waals surface area (Å²) < 4.78 is 0. The fraction of sp³-hybridized carbons (Fsp3) is 0.364. The summed E-state index contributed by atoms with van der Waals surface area (Å²) >= 11 is 3.38. The van der Waals surface area contributed by atoms with Gasteiger partial charge in [-0.3, -0.25) is 4.79 Å². The van der Waals surface area contributed by atoms with Gasteiger partial charge in [-0.25, -0.2) is 4.98 Å². The van der Waals surface area contributed by atoms with E-state index in [4.69, 9.17) is 5.26 Å². The topological polar surface area (TPSA) is 65.8 Å². The Labute approximate surface area is 102 Å². The maximum Gasteiger partial charge on any atom is 0.270 e. The molecule has 0 bridgehead atoms. The molecule has 1 saturated carbocycles. The number of carbonyl (C=O) groups excluding carboxylic acids is 1. The molecular formula is C11H10BrN3O. The molecule has 0 radical (unpaired) electrons. The first kappa shape index (κ1) is 11.1. The number of alkyl halides is 1. The van der Waals surface area contributed by atoms with E-state index in [1.54, 1.807) is 12.1 Å². The molecule has 0 aromatic carbocycles. The van der Waals surface area contributed by atoms with Gasteiger partial charge in [-0.15, -0.1) is 0 Å². The minimum Gasteiger partial charge on any atom is -0.344 e. The molecule has 1 aliphatic rings. The van der Waals surface area contributed by atoms with Crippen molar-refractivity contribution < 1.29 is 4.79 Å². The Morgan fingerprint density at radius 1 is 1.62 bits per heavy atom. The van der Waals surface area contributed by atoms with Crippen LogP contribution in [0.15, 0.2) is 18.3 Å². The van der Waals surface area contributed by atoms with Crippen LogP contribution in [0.1, 0.15) is 28.9 Å². The summed E-state index contributed by atoms with van der Waals surface area (Å²) in [4.78, 5) is 15.7. The van der Waals surface area contributed by atoms with E-state index in [2.05, 4.69) is 26.2 Å². The smallest absolute Gasteiger partial charge is 0.270 e. The number of pyridine rings is 1. The van der Waals surface area contributed by atoms with E-state index in [-0.39, 0.29) is 11.4 Å². The molecule has 4 nitrogen and oxygen atoms in total. The van der Waals surface area contributed by atoms with Crippen LogP contribution in [0.4, 0.5) is 0 Å². The molecule has 1 aromatic heterocycles. The first-order valence-electron chi connectivity index (χ1n) is 4.94. The number of halogens is 1. The monoisotopic (exact) mass is 279 g/mol. The van der Waals surface area contributed by atoms with Gasteiger partial charge in [-0.1, -0.05) is 15.9 Å². The third kappa shape index (κ3) is 2.22. The molecule has 0 spiro atoms. The second-order valence-corrected chi connectivity index (χ2v) is 4.47. The van der Waals surface area contributed by atoms with Crippen molar-refractivity contribution in [1.29, 1.82) is 5.26 Å². The quantitative estimate of drug-likeness (QED) is 0.855. The van der Waals surface area contributed by atoms with E-state index in [1.807, 2.05) is 6.07 Å². The van der Waals surface area contributed by atoms with Gasteiger partial charge in [0.25, 0.3) is 5.91 Å². The predicted octanol–water partition coefficient (Wildman–Crippen LogP) is 1.61. The summed E-state index contributed by atoms with van der Waals surface area (Å²) in [6.07, 6.45) is 3.41. The Hall–Kier alpha value is -1.41. The molecule has 82 valence electrons. The lowest BCUT2D eigenvalue weighted by atomic mass is 10.2. The molecule has 0 atom stereocenters. The molecule has 1 heterocycles. The summed E-state index contributed by atoms with van der Waals surface area (Å²) in [5, 5.41) is 12.3. The van der Waals surface area contributed by atoms with Crippen LogP contribution >= 0.6 is 15.9 Å². The first-order chi connectivity index (χ1) is 7.69. The molecule has 0 unspecified atom stereocenters. The number of hydrogen-bond acceptors (Lipinski definition) is 3. The number of hydrogen-bond donors (Lipinski definition) is 1. The van der Waals surface area contributed by atoms with Gasteiger partial charge in [-0.05, 0) is 25.0 Å². The Balaban J connectivity index is 2.07. The molecule has 0 saturated heterocycles. The summed E-state index contributed by atoms with van der Waals surface area (Å²) in [7, 11) is 0. The van der Waals surface area contributed by atoms with Crippen molar-refractivity contribution in [3.05, 3.63) is 29.6 Å². The minimum atomic E-state index is -0.179. The zero-order chi connectivity index (χ0) is 11.6. The van der Waals surface area contributed by atoms with Crippen LogP contribution in [-0.2, 0) is 0 Å². The number of carbonyl (C=O) groups is 1. The highest BCUT2D eigenvalue weighted by Crippen LogP contribution is 2.37. The first-order valence-corrected chi connectivity index (χ1v) is 6.06.